The van der Waals surface area contributed by atoms with Crippen molar-refractivity contribution in [3.05, 3.63) is 59.7 Å². The maximum atomic E-state index is 5.73. The lowest BCUT2D eigenvalue weighted by Crippen LogP contribution is -1.78. The maximum absolute atomic E-state index is 5.73. The summed E-state index contributed by atoms with van der Waals surface area (Å²) in [6.07, 6.45) is 0. The molecule has 0 spiro atoms. The summed E-state index contributed by atoms with van der Waals surface area (Å²) in [7, 11) is 0. The standard InChI is InChI=1S/C16H14N2O.2C2H6/c1-11-6-8-13(9-7-11)15-17-18-16(19-15)14-5-3-4-12(2)10-14;2*1-2/h3-10H,1-2H3;2*1-2H3. The maximum Gasteiger partial charge on any atom is 0.248 e. The van der Waals surface area contributed by atoms with Gasteiger partial charge in [-0.25, -0.2) is 0 Å². The van der Waals surface area contributed by atoms with Crippen molar-refractivity contribution in [2.24, 2.45) is 0 Å². The molecule has 23 heavy (non-hydrogen) atoms. The zero-order valence-corrected chi connectivity index (χ0v) is 14.9. The molecule has 122 valence electrons. The van der Waals surface area contributed by atoms with Crippen molar-refractivity contribution >= 4 is 0 Å². The molecule has 3 aromatic rings. The second-order valence-corrected chi connectivity index (χ2v) is 4.65. The molecule has 3 rings (SSSR count). The molecule has 0 N–H and O–H groups in total. The van der Waals surface area contributed by atoms with Crippen LogP contribution in [0.5, 0.6) is 0 Å². The van der Waals surface area contributed by atoms with Gasteiger partial charge in [0.2, 0.25) is 11.8 Å². The Kier molecular flexibility index (Phi) is 7.75. The molecule has 3 heteroatoms. The quantitative estimate of drug-likeness (QED) is 0.576. The average Bonchev–Trinajstić information content (AvgIpc) is 3.09. The fourth-order valence-corrected chi connectivity index (χ4v) is 1.93. The molecule has 0 saturated heterocycles. The van der Waals surface area contributed by atoms with Gasteiger partial charge in [0.05, 0.1) is 0 Å². The van der Waals surface area contributed by atoms with E-state index in [9.17, 15) is 0 Å². The first-order valence-corrected chi connectivity index (χ1v) is 8.20. The molecule has 0 atom stereocenters. The number of hydrogen-bond acceptors (Lipinski definition) is 3. The SMILES string of the molecule is CC.CC.Cc1ccc(-c2nnc(-c3cccc(C)c3)o2)cc1. The van der Waals surface area contributed by atoms with Crippen LogP contribution >= 0.6 is 0 Å². The van der Waals surface area contributed by atoms with Crippen LogP contribution in [-0.4, -0.2) is 10.2 Å². The third-order valence-corrected chi connectivity index (χ3v) is 2.99. The van der Waals surface area contributed by atoms with E-state index < -0.39 is 0 Å². The molecule has 0 amide bonds. The molecular weight excluding hydrogens is 284 g/mol. The van der Waals surface area contributed by atoms with Crippen molar-refractivity contribution < 1.29 is 4.42 Å². The number of rotatable bonds is 2. The number of hydrogen-bond donors (Lipinski definition) is 0. The Morgan fingerprint density at radius 2 is 1.22 bits per heavy atom. The molecule has 3 nitrogen and oxygen atoms in total. The predicted octanol–water partition coefficient (Wildman–Crippen LogP) is 6.07. The van der Waals surface area contributed by atoms with Crippen molar-refractivity contribution in [1.82, 2.24) is 10.2 Å². The molecule has 0 aliphatic carbocycles. The molecule has 0 aliphatic heterocycles. The summed E-state index contributed by atoms with van der Waals surface area (Å²) in [4.78, 5) is 0. The van der Waals surface area contributed by atoms with E-state index in [1.807, 2.05) is 83.1 Å². The lowest BCUT2D eigenvalue weighted by atomic mass is 10.1. The van der Waals surface area contributed by atoms with Gasteiger partial charge in [0.25, 0.3) is 0 Å². The van der Waals surface area contributed by atoms with Gasteiger partial charge in [0.15, 0.2) is 0 Å². The highest BCUT2D eigenvalue weighted by molar-refractivity contribution is 5.58. The predicted molar refractivity (Wildman–Crippen MR) is 97.3 cm³/mol. The van der Waals surface area contributed by atoms with Crippen LogP contribution in [0.3, 0.4) is 0 Å². The van der Waals surface area contributed by atoms with Crippen LogP contribution in [0.15, 0.2) is 52.9 Å². The van der Waals surface area contributed by atoms with Crippen LogP contribution in [0.2, 0.25) is 0 Å². The lowest BCUT2D eigenvalue weighted by Gasteiger charge is -1.97. The summed E-state index contributed by atoms with van der Waals surface area (Å²) in [5.41, 5.74) is 4.28. The van der Waals surface area contributed by atoms with Gasteiger partial charge in [-0.15, -0.1) is 10.2 Å². The van der Waals surface area contributed by atoms with Gasteiger partial charge < -0.3 is 4.42 Å². The second kappa shape index (κ2) is 9.57. The summed E-state index contributed by atoms with van der Waals surface area (Å²) in [5.74, 6) is 1.11. The van der Waals surface area contributed by atoms with Gasteiger partial charge in [0.1, 0.15) is 0 Å². The molecule has 0 aliphatic rings. The van der Waals surface area contributed by atoms with Crippen LogP contribution in [0.4, 0.5) is 0 Å². The van der Waals surface area contributed by atoms with Gasteiger partial charge in [-0.3, -0.25) is 0 Å². The first-order valence-electron chi connectivity index (χ1n) is 8.20. The van der Waals surface area contributed by atoms with Crippen LogP contribution < -0.4 is 0 Å². The van der Waals surface area contributed by atoms with E-state index in [1.54, 1.807) is 0 Å². The highest BCUT2D eigenvalue weighted by Gasteiger charge is 2.10. The van der Waals surface area contributed by atoms with Gasteiger partial charge >= 0.3 is 0 Å². The van der Waals surface area contributed by atoms with Crippen LogP contribution in [-0.2, 0) is 0 Å². The van der Waals surface area contributed by atoms with Crippen molar-refractivity contribution in [3.8, 4) is 22.9 Å². The molecule has 0 fully saturated rings. The summed E-state index contributed by atoms with van der Waals surface area (Å²) >= 11 is 0. The van der Waals surface area contributed by atoms with Crippen molar-refractivity contribution in [2.45, 2.75) is 41.5 Å². The lowest BCUT2D eigenvalue weighted by molar-refractivity contribution is 0.584. The summed E-state index contributed by atoms with van der Waals surface area (Å²) in [6.45, 7) is 12.1. The Hall–Kier alpha value is -2.42. The molecule has 0 unspecified atom stereocenters. The van der Waals surface area contributed by atoms with Gasteiger partial charge in [-0.05, 0) is 38.1 Å². The Bertz CT molecular complexity index is 700. The average molecular weight is 310 g/mol. The minimum atomic E-state index is 0.552. The number of benzene rings is 2. The summed E-state index contributed by atoms with van der Waals surface area (Å²) in [5, 5.41) is 8.22. The van der Waals surface area contributed by atoms with Crippen molar-refractivity contribution in [3.63, 3.8) is 0 Å². The Labute approximate surface area is 139 Å². The van der Waals surface area contributed by atoms with Crippen molar-refractivity contribution in [1.29, 1.82) is 0 Å². The van der Waals surface area contributed by atoms with Gasteiger partial charge in [-0.1, -0.05) is 63.1 Å². The topological polar surface area (TPSA) is 38.9 Å². The Morgan fingerprint density at radius 3 is 1.78 bits per heavy atom. The zero-order valence-electron chi connectivity index (χ0n) is 14.9. The van der Waals surface area contributed by atoms with E-state index >= 15 is 0 Å². The molecule has 2 aromatic carbocycles. The molecule has 1 aromatic heterocycles. The highest BCUT2D eigenvalue weighted by Crippen LogP contribution is 2.24. The van der Waals surface area contributed by atoms with Gasteiger partial charge in [0, 0.05) is 11.1 Å². The number of aryl methyl sites for hydroxylation is 2. The van der Waals surface area contributed by atoms with E-state index in [-0.39, 0.29) is 0 Å². The van der Waals surface area contributed by atoms with E-state index in [2.05, 4.69) is 17.1 Å². The van der Waals surface area contributed by atoms with E-state index in [1.165, 1.54) is 11.1 Å². The minimum Gasteiger partial charge on any atom is -0.416 e. The second-order valence-electron chi connectivity index (χ2n) is 4.65. The third-order valence-electron chi connectivity index (χ3n) is 2.99. The smallest absolute Gasteiger partial charge is 0.248 e. The van der Waals surface area contributed by atoms with Crippen LogP contribution in [0, 0.1) is 13.8 Å². The Balaban J connectivity index is 0.000000615. The van der Waals surface area contributed by atoms with Crippen LogP contribution in [0.1, 0.15) is 38.8 Å². The van der Waals surface area contributed by atoms with Crippen molar-refractivity contribution in [2.75, 3.05) is 0 Å². The first kappa shape index (κ1) is 18.6. The fourth-order valence-electron chi connectivity index (χ4n) is 1.93. The molecule has 0 bridgehead atoms. The van der Waals surface area contributed by atoms with E-state index in [4.69, 9.17) is 4.42 Å². The minimum absolute atomic E-state index is 0.552. The molecule has 1 heterocycles. The van der Waals surface area contributed by atoms with Gasteiger partial charge in [-0.2, -0.15) is 0 Å². The Morgan fingerprint density at radius 1 is 0.652 bits per heavy atom. The monoisotopic (exact) mass is 310 g/mol. The normalized spacial score (nSPS) is 9.30. The summed E-state index contributed by atoms with van der Waals surface area (Å²) in [6, 6.07) is 16.1. The largest absolute Gasteiger partial charge is 0.416 e. The fraction of sp³-hybridized carbons (Fsp3) is 0.300. The highest BCUT2D eigenvalue weighted by atomic mass is 16.4. The molecule has 0 radical (unpaired) electrons. The summed E-state index contributed by atoms with van der Waals surface area (Å²) < 4.78 is 5.73. The number of nitrogens with zero attached hydrogens (tertiary/aromatic N) is 2. The number of aromatic nitrogens is 2. The zero-order chi connectivity index (χ0) is 17.2. The van der Waals surface area contributed by atoms with E-state index in [0.717, 1.165) is 11.1 Å². The molecule has 0 saturated carbocycles. The first-order chi connectivity index (χ1) is 11.2. The third kappa shape index (κ3) is 5.06. The van der Waals surface area contributed by atoms with E-state index in [0.29, 0.717) is 11.8 Å². The molecular formula is C20H26N2O. The van der Waals surface area contributed by atoms with Crippen LogP contribution in [0.25, 0.3) is 22.9 Å².